The molecule has 9 heteroatoms. The highest BCUT2D eigenvalue weighted by molar-refractivity contribution is 7.91. The quantitative estimate of drug-likeness (QED) is 0.541. The van der Waals surface area contributed by atoms with Crippen LogP contribution in [0, 0.1) is 11.6 Å². The van der Waals surface area contributed by atoms with Crippen LogP contribution in [0.3, 0.4) is 0 Å². The third kappa shape index (κ3) is 4.78. The van der Waals surface area contributed by atoms with Crippen molar-refractivity contribution in [2.24, 2.45) is 0 Å². The highest BCUT2D eigenvalue weighted by Gasteiger charge is 2.48. The number of carbonyl (C=O) groups is 1. The van der Waals surface area contributed by atoms with Gasteiger partial charge < -0.3 is 14.6 Å². The Morgan fingerprint density at radius 1 is 1.21 bits per heavy atom. The number of amides is 1. The number of nitrogens with one attached hydrogen (secondary N) is 1. The molecule has 5 nitrogen and oxygen atoms in total. The van der Waals surface area contributed by atoms with Gasteiger partial charge in [0, 0.05) is 40.9 Å². The minimum atomic E-state index is -1.19. The summed E-state index contributed by atoms with van der Waals surface area (Å²) in [5.74, 6) is -1.76. The van der Waals surface area contributed by atoms with Crippen LogP contribution in [0.1, 0.15) is 43.7 Å². The number of fused-ring (bicyclic) bond motifs is 2. The van der Waals surface area contributed by atoms with Gasteiger partial charge in [-0.05, 0) is 56.6 Å². The Labute approximate surface area is 207 Å². The zero-order valence-electron chi connectivity index (χ0n) is 19.5. The molecule has 1 saturated heterocycles. The first-order chi connectivity index (χ1) is 16.1. The molecule has 0 aliphatic carbocycles. The Balaban J connectivity index is 1.34. The molecule has 2 aliphatic rings. The van der Waals surface area contributed by atoms with Gasteiger partial charge in [0.2, 0.25) is 5.91 Å². The molecule has 1 N–H and O–H groups in total. The number of carbonyl (C=O) groups excluding carboxylic acids is 1. The Morgan fingerprint density at radius 3 is 2.47 bits per heavy atom. The normalized spacial score (nSPS) is 20.0. The number of ether oxygens (including phenoxy) is 1. The van der Waals surface area contributed by atoms with Gasteiger partial charge in [0.15, 0.2) is 0 Å². The van der Waals surface area contributed by atoms with Crippen LogP contribution in [0.15, 0.2) is 30.3 Å². The van der Waals surface area contributed by atoms with E-state index in [-0.39, 0.29) is 29.1 Å². The molecule has 2 unspecified atom stereocenters. The highest BCUT2D eigenvalue weighted by Crippen LogP contribution is 2.45. The first-order valence-electron chi connectivity index (χ1n) is 11.4. The van der Waals surface area contributed by atoms with Crippen molar-refractivity contribution in [3.8, 4) is 5.75 Å². The van der Waals surface area contributed by atoms with E-state index in [1.165, 1.54) is 18.4 Å². The molecule has 0 aromatic heterocycles. The van der Waals surface area contributed by atoms with E-state index in [4.69, 9.17) is 16.3 Å². The van der Waals surface area contributed by atoms with Crippen LogP contribution in [0.4, 0.5) is 14.5 Å². The molecule has 2 aliphatic heterocycles. The fraction of sp³-hybridized carbons (Fsp3) is 0.480. The molecule has 3 atom stereocenters. The largest absolute Gasteiger partial charge is 0.616 e. The lowest BCUT2D eigenvalue weighted by Gasteiger charge is -2.38. The smallest absolute Gasteiger partial charge is 0.235 e. The molecular weight excluding hydrogens is 482 g/mol. The SMILES string of the molecule is CC([C@@H](C)c1c(F)cc(OCCN2CCC3(CC2)C(=O)Nc2ccc(Cl)cc23)cc1F)[S+](C)[O-]. The van der Waals surface area contributed by atoms with Crippen molar-refractivity contribution >= 4 is 34.4 Å². The molecule has 184 valence electrons. The summed E-state index contributed by atoms with van der Waals surface area (Å²) in [5, 5.41) is 3.21. The third-order valence-electron chi connectivity index (χ3n) is 7.30. The number of benzene rings is 2. The van der Waals surface area contributed by atoms with Crippen LogP contribution >= 0.6 is 11.6 Å². The zero-order chi connectivity index (χ0) is 24.6. The molecule has 0 bridgehead atoms. The molecule has 0 saturated carbocycles. The standard InChI is InChI=1S/C25H29ClF2N2O3S/c1-15(16(2)34(3)32)23-20(27)13-18(14-21(23)28)33-11-10-30-8-6-25(7-9-30)19-12-17(26)4-5-22(19)29-24(25)31/h4-5,12-16H,6-11H2,1-3H3,(H,29,31)/t15-,16?,34?/m1/s1. The molecule has 1 fully saturated rings. The second-order valence-corrected chi connectivity index (χ2v) is 11.4. The summed E-state index contributed by atoms with van der Waals surface area (Å²) < 4.78 is 46.7. The highest BCUT2D eigenvalue weighted by atomic mass is 35.5. The lowest BCUT2D eigenvalue weighted by Crippen LogP contribution is -2.47. The van der Waals surface area contributed by atoms with Crippen LogP contribution in [-0.4, -0.2) is 53.1 Å². The topological polar surface area (TPSA) is 64.6 Å². The van der Waals surface area contributed by atoms with Crippen molar-refractivity contribution in [1.82, 2.24) is 4.90 Å². The van der Waals surface area contributed by atoms with Gasteiger partial charge in [-0.2, -0.15) is 0 Å². The van der Waals surface area contributed by atoms with Gasteiger partial charge in [0.05, 0.1) is 11.7 Å². The van der Waals surface area contributed by atoms with Crippen molar-refractivity contribution < 1.29 is 22.9 Å². The van der Waals surface area contributed by atoms with E-state index in [2.05, 4.69) is 10.2 Å². The van der Waals surface area contributed by atoms with Crippen LogP contribution in [-0.2, 0) is 21.4 Å². The lowest BCUT2D eigenvalue weighted by molar-refractivity contribution is -0.122. The first kappa shape index (κ1) is 25.2. The molecule has 4 rings (SSSR count). The fourth-order valence-corrected chi connectivity index (χ4v) is 5.82. The van der Waals surface area contributed by atoms with Gasteiger partial charge >= 0.3 is 0 Å². The third-order valence-corrected chi connectivity index (χ3v) is 8.99. The number of hydrogen-bond acceptors (Lipinski definition) is 4. The first-order valence-corrected chi connectivity index (χ1v) is 13.4. The lowest BCUT2D eigenvalue weighted by atomic mass is 9.73. The molecule has 2 heterocycles. The number of halogens is 3. The Bertz CT molecular complexity index is 1050. The minimum Gasteiger partial charge on any atom is -0.616 e. The summed E-state index contributed by atoms with van der Waals surface area (Å²) in [6.07, 6.45) is 2.86. The predicted octanol–water partition coefficient (Wildman–Crippen LogP) is 4.85. The van der Waals surface area contributed by atoms with Gasteiger partial charge in [-0.25, -0.2) is 8.78 Å². The van der Waals surface area contributed by atoms with Crippen LogP contribution in [0.25, 0.3) is 0 Å². The molecule has 0 radical (unpaired) electrons. The van der Waals surface area contributed by atoms with Gasteiger partial charge in [0.1, 0.15) is 29.2 Å². The monoisotopic (exact) mass is 510 g/mol. The van der Waals surface area contributed by atoms with Gasteiger partial charge in [-0.3, -0.25) is 9.69 Å². The molecular formula is C25H29ClF2N2O3S. The number of piperidine rings is 1. The van der Waals surface area contributed by atoms with Crippen molar-refractivity contribution in [2.45, 2.75) is 43.3 Å². The maximum absolute atomic E-state index is 14.6. The van der Waals surface area contributed by atoms with Crippen molar-refractivity contribution in [3.05, 3.63) is 58.1 Å². The molecule has 1 spiro atoms. The molecule has 2 aromatic rings. The second-order valence-electron chi connectivity index (χ2n) is 9.21. The molecule has 34 heavy (non-hydrogen) atoms. The van der Waals surface area contributed by atoms with Crippen LogP contribution in [0.5, 0.6) is 5.75 Å². The maximum Gasteiger partial charge on any atom is 0.235 e. The van der Waals surface area contributed by atoms with E-state index >= 15 is 0 Å². The van der Waals surface area contributed by atoms with E-state index in [1.807, 2.05) is 12.1 Å². The van der Waals surface area contributed by atoms with E-state index in [1.54, 1.807) is 19.9 Å². The van der Waals surface area contributed by atoms with E-state index < -0.39 is 34.1 Å². The summed E-state index contributed by atoms with van der Waals surface area (Å²) in [6, 6.07) is 7.87. The van der Waals surface area contributed by atoms with Crippen molar-refractivity contribution in [1.29, 1.82) is 0 Å². The number of hydrogen-bond donors (Lipinski definition) is 1. The van der Waals surface area contributed by atoms with Crippen molar-refractivity contribution in [3.63, 3.8) is 0 Å². The molecule has 2 aromatic carbocycles. The van der Waals surface area contributed by atoms with Crippen LogP contribution < -0.4 is 10.1 Å². The Kier molecular flexibility index (Phi) is 7.43. The predicted molar refractivity (Wildman–Crippen MR) is 131 cm³/mol. The zero-order valence-corrected chi connectivity index (χ0v) is 21.1. The Hall–Kier alpha value is -1.87. The minimum absolute atomic E-state index is 0.0159. The number of likely N-dealkylation sites (tertiary alicyclic amines) is 1. The van der Waals surface area contributed by atoms with E-state index in [0.717, 1.165) is 11.3 Å². The molecule has 1 amide bonds. The number of nitrogens with zero attached hydrogens (tertiary/aromatic N) is 1. The number of anilines is 1. The van der Waals surface area contributed by atoms with E-state index in [9.17, 15) is 18.1 Å². The van der Waals surface area contributed by atoms with E-state index in [0.29, 0.717) is 37.5 Å². The maximum atomic E-state index is 14.6. The Morgan fingerprint density at radius 2 is 1.85 bits per heavy atom. The second kappa shape index (κ2) is 10.0. The average molecular weight is 511 g/mol. The number of rotatable bonds is 7. The summed E-state index contributed by atoms with van der Waals surface area (Å²) in [7, 11) is 0. The fourth-order valence-electron chi connectivity index (χ4n) is 4.93. The average Bonchev–Trinajstić information content (AvgIpc) is 3.04. The van der Waals surface area contributed by atoms with Gasteiger partial charge in [-0.15, -0.1) is 0 Å². The van der Waals surface area contributed by atoms with Crippen molar-refractivity contribution in [2.75, 3.05) is 37.8 Å². The summed E-state index contributed by atoms with van der Waals surface area (Å²) in [6.45, 7) is 5.64. The summed E-state index contributed by atoms with van der Waals surface area (Å²) in [4.78, 5) is 14.9. The van der Waals surface area contributed by atoms with Gasteiger partial charge in [-0.1, -0.05) is 29.7 Å². The summed E-state index contributed by atoms with van der Waals surface area (Å²) >= 11 is 4.98. The van der Waals surface area contributed by atoms with Crippen LogP contribution in [0.2, 0.25) is 5.02 Å². The van der Waals surface area contributed by atoms with Gasteiger partial charge in [0.25, 0.3) is 0 Å². The summed E-state index contributed by atoms with van der Waals surface area (Å²) in [5.41, 5.74) is 1.16.